The van der Waals surface area contributed by atoms with Gasteiger partial charge in [-0.15, -0.1) is 20.5 Å². The van der Waals surface area contributed by atoms with Crippen molar-refractivity contribution in [2.45, 2.75) is 21.6 Å². The third-order valence-corrected chi connectivity index (χ3v) is 11.7. The van der Waals surface area contributed by atoms with Crippen molar-refractivity contribution in [3.63, 3.8) is 0 Å². The second-order valence-electron chi connectivity index (χ2n) is 12.2. The Hall–Kier alpha value is -3.92. The van der Waals surface area contributed by atoms with Gasteiger partial charge in [0.15, 0.2) is 16.6 Å². The van der Waals surface area contributed by atoms with E-state index < -0.39 is 45.0 Å². The van der Waals surface area contributed by atoms with Gasteiger partial charge in [-0.3, -0.25) is 11.1 Å². The molecule has 28 heteroatoms. The number of aromatic nitrogens is 3. The van der Waals surface area contributed by atoms with Crippen molar-refractivity contribution in [3.05, 3.63) is 120 Å². The summed E-state index contributed by atoms with van der Waals surface area (Å²) in [5.41, 5.74) is 1.33. The molecule has 302 valence electrons. The number of nitrogens with one attached hydrogen (secondary N) is 2. The summed E-state index contributed by atoms with van der Waals surface area (Å²) in [5, 5.41) is 33.9. The molecular formula is C37H21Li5N10O9S4. The van der Waals surface area contributed by atoms with Gasteiger partial charge in [-0.2, -0.15) is 5.26 Å². The first kappa shape index (κ1) is 57.2. The molecule has 0 aliphatic heterocycles. The van der Waals surface area contributed by atoms with Gasteiger partial charge in [0, 0.05) is 23.1 Å². The van der Waals surface area contributed by atoms with Gasteiger partial charge in [0.2, 0.25) is 5.13 Å². The number of rotatable bonds is 12. The summed E-state index contributed by atoms with van der Waals surface area (Å²) in [6.07, 6.45) is 1.52. The standard InChI is InChI=1S/C37H24N10O9S4.5Li/c1-21-29(20-38)34(40-23-9-13-26(14-10-23)58(48,49)50)43-35(41-24-11-15-27(16-12-24)59(51,52)53)32(21)45-47-37-42-33(30-8-4-5-17-39-30)36(57-37)46-44-25-18-22-6-2-3-7-28(22)31(19-25)60(54,55)56;;;;;/h2,4-5,7-19H,1H3,(H2,40,41,43)(H,48,49,50)(H,51,52,53)(H,54,55,56);;;;;/q-2;5*+1/p-3. The molecular weight excluding hydrogens is 891 g/mol. The fourth-order valence-corrected chi connectivity index (χ4v) is 7.84. The van der Waals surface area contributed by atoms with Crippen molar-refractivity contribution in [2.24, 2.45) is 20.5 Å². The van der Waals surface area contributed by atoms with Crippen LogP contribution in [0.4, 0.5) is 44.5 Å². The van der Waals surface area contributed by atoms with Crippen LogP contribution in [0.3, 0.4) is 0 Å². The summed E-state index contributed by atoms with van der Waals surface area (Å²) in [7, 11) is -14.4. The van der Waals surface area contributed by atoms with E-state index in [1.54, 1.807) is 25.1 Å². The molecule has 19 nitrogen and oxygen atoms in total. The van der Waals surface area contributed by atoms with Gasteiger partial charge in [-0.25, -0.2) is 46.0 Å². The Morgan fingerprint density at radius 3 is 1.86 bits per heavy atom. The minimum atomic E-state index is -4.92. The number of hydrogen-bond acceptors (Lipinski definition) is 20. The van der Waals surface area contributed by atoms with Gasteiger partial charge in [0.25, 0.3) is 0 Å². The van der Waals surface area contributed by atoms with Crippen LogP contribution in [0, 0.1) is 30.4 Å². The van der Waals surface area contributed by atoms with Gasteiger partial charge >= 0.3 is 94.3 Å². The Balaban J connectivity index is 0.00000290. The molecule has 0 radical (unpaired) electrons. The zero-order valence-corrected chi connectivity index (χ0v) is 38.4. The first-order chi connectivity index (χ1) is 28.5. The maximum Gasteiger partial charge on any atom is 1.00 e. The number of nitriles is 1. The van der Waals surface area contributed by atoms with E-state index in [2.05, 4.69) is 64.2 Å². The fraction of sp³-hybridized carbons (Fsp3) is 0.0270. The number of thiazole rings is 1. The Morgan fingerprint density at radius 2 is 1.32 bits per heavy atom. The molecule has 0 saturated heterocycles. The van der Waals surface area contributed by atoms with Crippen LogP contribution in [0.5, 0.6) is 0 Å². The Kier molecular flexibility index (Phi) is 20.8. The van der Waals surface area contributed by atoms with Gasteiger partial charge < -0.3 is 42.5 Å². The predicted molar refractivity (Wildman–Crippen MR) is 212 cm³/mol. The number of hydrogen-bond donors (Lipinski definition) is 2. The second kappa shape index (κ2) is 23.7. The summed E-state index contributed by atoms with van der Waals surface area (Å²) in [4.78, 5) is 11.9. The molecule has 7 aromatic rings. The van der Waals surface area contributed by atoms with Crippen molar-refractivity contribution >= 4 is 97.0 Å². The van der Waals surface area contributed by atoms with Crippen LogP contribution in [0.15, 0.2) is 132 Å². The predicted octanol–water partition coefficient (Wildman–Crippen LogP) is -7.42. The summed E-state index contributed by atoms with van der Waals surface area (Å²) in [5.74, 6) is -0.0508. The van der Waals surface area contributed by atoms with E-state index in [1.807, 2.05) is 0 Å². The monoisotopic (exact) mass is 912 g/mol. The molecule has 0 saturated carbocycles. The average molecular weight is 913 g/mol. The van der Waals surface area contributed by atoms with Crippen LogP contribution in [0.1, 0.15) is 11.1 Å². The molecule has 0 unspecified atom stereocenters. The number of anilines is 4. The topological polar surface area (TPSA) is 308 Å². The van der Waals surface area contributed by atoms with Crippen molar-refractivity contribution in [3.8, 4) is 17.5 Å². The van der Waals surface area contributed by atoms with Crippen molar-refractivity contribution < 1.29 is 133 Å². The Labute approximate surface area is 436 Å². The molecule has 3 aromatic heterocycles. The molecule has 0 amide bonds. The van der Waals surface area contributed by atoms with E-state index in [-0.39, 0.29) is 166 Å². The third-order valence-electron chi connectivity index (χ3n) is 8.27. The smallest absolute Gasteiger partial charge is 0.746 e. The molecule has 4 aromatic carbocycles. The van der Waals surface area contributed by atoms with Crippen LogP contribution in [0.25, 0.3) is 22.2 Å². The minimum Gasteiger partial charge on any atom is -0.746 e. The van der Waals surface area contributed by atoms with Gasteiger partial charge in [0.05, 0.1) is 26.7 Å². The number of pyridine rings is 2. The number of benzene rings is 4. The molecule has 0 aliphatic carbocycles. The number of nitrogens with zero attached hydrogens (tertiary/aromatic N) is 8. The molecule has 0 aliphatic rings. The average Bonchev–Trinajstić information content (AvgIpc) is 3.62. The number of fused-ring (bicyclic) bond motifs is 1. The maximum absolute atomic E-state index is 12.1. The molecule has 65 heavy (non-hydrogen) atoms. The van der Waals surface area contributed by atoms with Crippen LogP contribution in [0.2, 0.25) is 0 Å². The summed E-state index contributed by atoms with van der Waals surface area (Å²) in [6, 6.07) is 27.4. The van der Waals surface area contributed by atoms with E-state index in [1.165, 1.54) is 48.7 Å². The van der Waals surface area contributed by atoms with E-state index in [9.17, 15) is 44.2 Å². The van der Waals surface area contributed by atoms with Gasteiger partial charge in [-0.1, -0.05) is 23.5 Å². The molecule has 0 bridgehead atoms. The summed E-state index contributed by atoms with van der Waals surface area (Å²) >= 11 is 0.909. The van der Waals surface area contributed by atoms with Gasteiger partial charge in [-0.05, 0) is 78.5 Å². The van der Waals surface area contributed by atoms with Crippen LogP contribution in [-0.4, -0.2) is 53.9 Å². The molecule has 2 N–H and O–H groups in total. The van der Waals surface area contributed by atoms with E-state index in [0.717, 1.165) is 41.7 Å². The van der Waals surface area contributed by atoms with Crippen LogP contribution >= 0.6 is 11.3 Å². The van der Waals surface area contributed by atoms with E-state index in [0.29, 0.717) is 5.69 Å². The zero-order valence-electron chi connectivity index (χ0n) is 35.1. The SMILES string of the molecule is Cc1c(C#N)c(Nc2ccc(S(=O)(=O)[O-])cc2)nc(Nc2ccc(S(=O)(=O)[O-])cc2)c1N=Nc1nc(-c2ccccn2)c(N=Nc2cc(S(=O)(=O)[O-])c3c[c-]c[c-]c3c2)s1.[Li+].[Li+].[Li+].[Li+].[Li+]. The molecule has 0 atom stereocenters. The van der Waals surface area contributed by atoms with Crippen molar-refractivity contribution in [2.75, 3.05) is 10.6 Å². The van der Waals surface area contributed by atoms with E-state index >= 15 is 0 Å². The van der Waals surface area contributed by atoms with E-state index in [4.69, 9.17) is 0 Å². The third kappa shape index (κ3) is 13.8. The first-order valence-electron chi connectivity index (χ1n) is 16.7. The molecule has 3 heterocycles. The summed E-state index contributed by atoms with van der Waals surface area (Å²) < 4.78 is 105. The summed E-state index contributed by atoms with van der Waals surface area (Å²) in [6.45, 7) is 1.54. The van der Waals surface area contributed by atoms with Crippen LogP contribution in [-0.2, 0) is 30.4 Å². The maximum atomic E-state index is 12.1. The Morgan fingerprint density at radius 1 is 0.723 bits per heavy atom. The zero-order chi connectivity index (χ0) is 42.8. The minimum absolute atomic E-state index is 0. The van der Waals surface area contributed by atoms with Crippen molar-refractivity contribution in [1.29, 1.82) is 5.26 Å². The van der Waals surface area contributed by atoms with Gasteiger partial charge in [0.1, 0.15) is 47.8 Å². The second-order valence-corrected chi connectivity index (χ2v) is 17.3. The van der Waals surface area contributed by atoms with Crippen LogP contribution < -0.4 is 105 Å². The molecule has 0 fully saturated rings. The first-order valence-corrected chi connectivity index (χ1v) is 21.7. The number of azo groups is 2. The largest absolute Gasteiger partial charge is 1.00 e. The molecule has 7 rings (SSSR count). The Bertz CT molecular complexity index is 3270. The quantitative estimate of drug-likeness (QED) is 0.0498. The normalized spacial score (nSPS) is 11.3. The fourth-order valence-electron chi connectivity index (χ4n) is 5.48. The van der Waals surface area contributed by atoms with Crippen molar-refractivity contribution in [1.82, 2.24) is 15.0 Å². The molecule has 0 spiro atoms.